The molecule has 1 unspecified atom stereocenters. The lowest BCUT2D eigenvalue weighted by molar-refractivity contribution is -0.149. The molecule has 0 aliphatic rings. The zero-order valence-corrected chi connectivity index (χ0v) is 18.9. The number of anilines is 1. The maximum atomic E-state index is 13.1. The quantitative estimate of drug-likeness (QED) is 0.365. The summed E-state index contributed by atoms with van der Waals surface area (Å²) in [5.41, 5.74) is 2.69. The summed E-state index contributed by atoms with van der Waals surface area (Å²) in [6.45, 7) is 1.86. The largest absolute Gasteiger partial charge is 0.495 e. The third-order valence-corrected chi connectivity index (χ3v) is 4.78. The summed E-state index contributed by atoms with van der Waals surface area (Å²) in [6.07, 6.45) is 1.66. The van der Waals surface area contributed by atoms with Crippen molar-refractivity contribution in [3.8, 4) is 17.6 Å². The van der Waals surface area contributed by atoms with Crippen LogP contribution in [0.2, 0.25) is 0 Å². The molecule has 0 radical (unpaired) electrons. The summed E-state index contributed by atoms with van der Waals surface area (Å²) in [7, 11) is 1.52. The van der Waals surface area contributed by atoms with Crippen molar-refractivity contribution in [3.63, 3.8) is 0 Å². The number of carbonyl (C=O) groups is 2. The molecule has 0 bridgehead atoms. The number of amides is 1. The number of nitrogens with one attached hydrogen (secondary N) is 1. The summed E-state index contributed by atoms with van der Waals surface area (Å²) in [6, 6.07) is 23.0. The highest BCUT2D eigenvalue weighted by Gasteiger charge is 2.25. The molecule has 34 heavy (non-hydrogen) atoms. The van der Waals surface area contributed by atoms with Gasteiger partial charge in [-0.15, -0.1) is 0 Å². The van der Waals surface area contributed by atoms with Crippen LogP contribution in [0.25, 0.3) is 6.08 Å². The molecule has 0 aliphatic carbocycles. The second-order valence-electron chi connectivity index (χ2n) is 7.27. The van der Waals surface area contributed by atoms with E-state index in [1.807, 2.05) is 25.1 Å². The topological polar surface area (TPSA) is 97.7 Å². The summed E-state index contributed by atoms with van der Waals surface area (Å²) < 4.78 is 16.1. The van der Waals surface area contributed by atoms with Crippen LogP contribution in [0.3, 0.4) is 0 Å². The average Bonchev–Trinajstić information content (AvgIpc) is 2.86. The van der Waals surface area contributed by atoms with Gasteiger partial charge in [0, 0.05) is 11.6 Å². The standard InChI is InChI=1S/C27H24N2O5/c1-19-8-14-24(32-2)23(18-19)29-27(31)26(21-6-4-3-5-7-21)34-25(30)15-11-20-9-12-22(13-10-20)33-17-16-28/h3-15,18,26H,17H2,1-2H3,(H,29,31)/b15-11+. The van der Waals surface area contributed by atoms with Crippen molar-refractivity contribution in [1.29, 1.82) is 5.26 Å². The molecule has 7 heteroatoms. The van der Waals surface area contributed by atoms with Crippen molar-refractivity contribution in [2.75, 3.05) is 19.0 Å². The van der Waals surface area contributed by atoms with E-state index in [1.165, 1.54) is 13.2 Å². The van der Waals surface area contributed by atoms with Crippen LogP contribution in [0.5, 0.6) is 11.5 Å². The first-order valence-corrected chi connectivity index (χ1v) is 10.5. The Bertz CT molecular complexity index is 1200. The summed E-state index contributed by atoms with van der Waals surface area (Å²) in [4.78, 5) is 25.7. The van der Waals surface area contributed by atoms with Gasteiger partial charge in [-0.25, -0.2) is 4.79 Å². The minimum atomic E-state index is -1.16. The fourth-order valence-electron chi connectivity index (χ4n) is 3.13. The van der Waals surface area contributed by atoms with Gasteiger partial charge in [-0.05, 0) is 48.4 Å². The van der Waals surface area contributed by atoms with Gasteiger partial charge in [-0.2, -0.15) is 5.26 Å². The number of nitrogens with zero attached hydrogens (tertiary/aromatic N) is 1. The van der Waals surface area contributed by atoms with Gasteiger partial charge in [-0.1, -0.05) is 48.5 Å². The first-order valence-electron chi connectivity index (χ1n) is 10.5. The van der Waals surface area contributed by atoms with Gasteiger partial charge in [0.05, 0.1) is 12.8 Å². The van der Waals surface area contributed by atoms with E-state index >= 15 is 0 Å². The molecule has 1 atom stereocenters. The van der Waals surface area contributed by atoms with Crippen molar-refractivity contribution in [3.05, 3.63) is 95.6 Å². The van der Waals surface area contributed by atoms with Crippen LogP contribution in [0, 0.1) is 18.3 Å². The minimum Gasteiger partial charge on any atom is -0.495 e. The minimum absolute atomic E-state index is 0.0428. The molecule has 172 valence electrons. The van der Waals surface area contributed by atoms with Gasteiger partial charge >= 0.3 is 5.97 Å². The molecular formula is C27H24N2O5. The summed E-state index contributed by atoms with van der Waals surface area (Å²) >= 11 is 0. The second kappa shape index (κ2) is 11.9. The van der Waals surface area contributed by atoms with Gasteiger partial charge < -0.3 is 19.5 Å². The lowest BCUT2D eigenvalue weighted by Gasteiger charge is -2.18. The van der Waals surface area contributed by atoms with Crippen LogP contribution >= 0.6 is 0 Å². The molecule has 0 aromatic heterocycles. The number of nitriles is 1. The molecule has 7 nitrogen and oxygen atoms in total. The number of methoxy groups -OCH3 is 1. The lowest BCUT2D eigenvalue weighted by atomic mass is 10.1. The first-order chi connectivity index (χ1) is 16.5. The van der Waals surface area contributed by atoms with Crippen LogP contribution in [0.1, 0.15) is 22.8 Å². The van der Waals surface area contributed by atoms with Crippen molar-refractivity contribution in [2.24, 2.45) is 0 Å². The third kappa shape index (κ3) is 6.71. The predicted molar refractivity (Wildman–Crippen MR) is 128 cm³/mol. The molecular weight excluding hydrogens is 432 g/mol. The molecule has 0 aliphatic heterocycles. The number of hydrogen-bond donors (Lipinski definition) is 1. The van der Waals surface area contributed by atoms with Crippen molar-refractivity contribution in [2.45, 2.75) is 13.0 Å². The van der Waals surface area contributed by atoms with E-state index in [9.17, 15) is 9.59 Å². The van der Waals surface area contributed by atoms with Crippen molar-refractivity contribution < 1.29 is 23.8 Å². The first kappa shape index (κ1) is 24.1. The average molecular weight is 456 g/mol. The molecule has 0 fully saturated rings. The monoisotopic (exact) mass is 456 g/mol. The Morgan fingerprint density at radius 1 is 1.06 bits per heavy atom. The number of benzene rings is 3. The molecule has 0 spiro atoms. The van der Waals surface area contributed by atoms with Crippen molar-refractivity contribution >= 4 is 23.6 Å². The number of ether oxygens (including phenoxy) is 3. The van der Waals surface area contributed by atoms with Crippen LogP contribution < -0.4 is 14.8 Å². The van der Waals surface area contributed by atoms with E-state index in [-0.39, 0.29) is 6.61 Å². The zero-order valence-electron chi connectivity index (χ0n) is 18.9. The van der Waals surface area contributed by atoms with E-state index in [0.717, 1.165) is 11.1 Å². The molecule has 1 amide bonds. The Balaban J connectivity index is 1.74. The third-order valence-electron chi connectivity index (χ3n) is 4.78. The normalized spacial score (nSPS) is 11.3. The molecule has 3 aromatic carbocycles. The van der Waals surface area contributed by atoms with Crippen LogP contribution in [0.15, 0.2) is 78.9 Å². The van der Waals surface area contributed by atoms with E-state index in [4.69, 9.17) is 19.5 Å². The number of aryl methyl sites for hydroxylation is 1. The van der Waals surface area contributed by atoms with E-state index in [0.29, 0.717) is 22.7 Å². The number of esters is 1. The molecule has 0 heterocycles. The van der Waals surface area contributed by atoms with Gasteiger partial charge in [0.25, 0.3) is 5.91 Å². The van der Waals surface area contributed by atoms with Crippen LogP contribution in [-0.4, -0.2) is 25.6 Å². The smallest absolute Gasteiger partial charge is 0.331 e. The highest BCUT2D eigenvalue weighted by atomic mass is 16.5. The molecule has 3 rings (SSSR count). The Kier molecular flexibility index (Phi) is 8.42. The van der Waals surface area contributed by atoms with Gasteiger partial charge in [0.1, 0.15) is 17.6 Å². The maximum absolute atomic E-state index is 13.1. The fourth-order valence-corrected chi connectivity index (χ4v) is 3.13. The Morgan fingerprint density at radius 2 is 1.79 bits per heavy atom. The highest BCUT2D eigenvalue weighted by molar-refractivity contribution is 5.98. The Hall–Kier alpha value is -4.57. The Morgan fingerprint density at radius 3 is 2.47 bits per heavy atom. The molecule has 0 saturated carbocycles. The second-order valence-corrected chi connectivity index (χ2v) is 7.27. The zero-order chi connectivity index (χ0) is 24.3. The van der Waals surface area contributed by atoms with Crippen LogP contribution in [0.4, 0.5) is 5.69 Å². The van der Waals surface area contributed by atoms with Gasteiger partial charge in [-0.3, -0.25) is 4.79 Å². The van der Waals surface area contributed by atoms with Gasteiger partial charge in [0.2, 0.25) is 6.10 Å². The highest BCUT2D eigenvalue weighted by Crippen LogP contribution is 2.28. The molecule has 0 saturated heterocycles. The fraction of sp³-hybridized carbons (Fsp3) is 0.148. The molecule has 1 N–H and O–H groups in total. The SMILES string of the molecule is COc1ccc(C)cc1NC(=O)C(OC(=O)/C=C/c1ccc(OCC#N)cc1)c1ccccc1. The van der Waals surface area contributed by atoms with E-state index < -0.39 is 18.0 Å². The number of carbonyl (C=O) groups excluding carboxylic acids is 2. The van der Waals surface area contributed by atoms with E-state index in [2.05, 4.69) is 5.32 Å². The van der Waals surface area contributed by atoms with E-state index in [1.54, 1.807) is 66.7 Å². The maximum Gasteiger partial charge on any atom is 0.331 e. The molecule has 3 aromatic rings. The number of hydrogen-bond acceptors (Lipinski definition) is 6. The predicted octanol–water partition coefficient (Wildman–Crippen LogP) is 4.84. The summed E-state index contributed by atoms with van der Waals surface area (Å²) in [5.74, 6) is -0.131. The van der Waals surface area contributed by atoms with Crippen LogP contribution in [-0.2, 0) is 14.3 Å². The number of rotatable bonds is 9. The summed E-state index contributed by atoms with van der Waals surface area (Å²) in [5, 5.41) is 11.4. The van der Waals surface area contributed by atoms with Gasteiger partial charge in [0.15, 0.2) is 6.61 Å². The Labute approximate surface area is 198 Å². The lowest BCUT2D eigenvalue weighted by Crippen LogP contribution is -2.25. The van der Waals surface area contributed by atoms with Crippen molar-refractivity contribution in [1.82, 2.24) is 0 Å².